The zero-order chi connectivity index (χ0) is 12.7. The summed E-state index contributed by atoms with van der Waals surface area (Å²) >= 11 is 0. The van der Waals surface area contributed by atoms with Crippen molar-refractivity contribution < 1.29 is 4.79 Å². The lowest BCUT2D eigenvalue weighted by Gasteiger charge is -2.39. The zero-order valence-corrected chi connectivity index (χ0v) is 11.3. The molecule has 3 heteroatoms. The maximum absolute atomic E-state index is 12.7. The first-order valence-electron chi connectivity index (χ1n) is 6.81. The molecule has 1 rings (SSSR count). The largest absolute Gasteiger partial charge is 0.339 e. The number of carbonyl (C=O) groups is 1. The van der Waals surface area contributed by atoms with Gasteiger partial charge in [-0.05, 0) is 32.7 Å². The Morgan fingerprint density at radius 2 is 2.29 bits per heavy atom. The Hall–Kier alpha value is -0.830. The molecule has 0 aromatic rings. The van der Waals surface area contributed by atoms with Crippen LogP contribution in [0.4, 0.5) is 0 Å². The fourth-order valence-electron chi connectivity index (χ4n) is 2.80. The molecule has 1 heterocycles. The highest BCUT2D eigenvalue weighted by atomic mass is 16.2. The molecule has 1 unspecified atom stereocenters. The standard InChI is InChI=1S/C14H26N2O/c1-4-8-14(9-7-10-15-12-14)13(17)16(6-3)11-5-2/h5,15H,2,4,6-12H2,1,3H3. The minimum absolute atomic E-state index is 0.161. The van der Waals surface area contributed by atoms with Gasteiger partial charge in [0.15, 0.2) is 0 Å². The van der Waals surface area contributed by atoms with E-state index in [1.165, 1.54) is 0 Å². The van der Waals surface area contributed by atoms with Gasteiger partial charge in [-0.1, -0.05) is 19.4 Å². The van der Waals surface area contributed by atoms with Crippen LogP contribution in [0.5, 0.6) is 0 Å². The monoisotopic (exact) mass is 238 g/mol. The molecule has 0 radical (unpaired) electrons. The van der Waals surface area contributed by atoms with Crippen molar-refractivity contribution in [2.24, 2.45) is 5.41 Å². The highest BCUT2D eigenvalue weighted by Crippen LogP contribution is 2.33. The number of carbonyl (C=O) groups excluding carboxylic acids is 1. The van der Waals surface area contributed by atoms with Crippen LogP contribution in [0.25, 0.3) is 0 Å². The molecule has 0 spiro atoms. The van der Waals surface area contributed by atoms with E-state index in [1.807, 2.05) is 17.9 Å². The molecule has 3 nitrogen and oxygen atoms in total. The van der Waals surface area contributed by atoms with Crippen LogP contribution in [-0.4, -0.2) is 37.0 Å². The molecule has 1 aliphatic heterocycles. The zero-order valence-electron chi connectivity index (χ0n) is 11.3. The van der Waals surface area contributed by atoms with Crippen molar-refractivity contribution in [1.82, 2.24) is 10.2 Å². The van der Waals surface area contributed by atoms with Gasteiger partial charge in [0.1, 0.15) is 0 Å². The Labute approximate surface area is 105 Å². The van der Waals surface area contributed by atoms with Gasteiger partial charge in [0, 0.05) is 19.6 Å². The molecule has 1 aliphatic rings. The number of amides is 1. The average Bonchev–Trinajstić information content (AvgIpc) is 2.36. The Morgan fingerprint density at radius 3 is 2.76 bits per heavy atom. The van der Waals surface area contributed by atoms with Crippen LogP contribution in [0.15, 0.2) is 12.7 Å². The van der Waals surface area contributed by atoms with E-state index >= 15 is 0 Å². The van der Waals surface area contributed by atoms with Gasteiger partial charge in [0.25, 0.3) is 0 Å². The van der Waals surface area contributed by atoms with E-state index in [0.29, 0.717) is 12.5 Å². The Morgan fingerprint density at radius 1 is 1.53 bits per heavy atom. The van der Waals surface area contributed by atoms with Gasteiger partial charge in [-0.25, -0.2) is 0 Å². The van der Waals surface area contributed by atoms with Crippen molar-refractivity contribution in [3.63, 3.8) is 0 Å². The molecule has 0 aromatic carbocycles. The first-order valence-corrected chi connectivity index (χ1v) is 6.81. The predicted octanol–water partition coefficient (Wildman–Crippen LogP) is 2.19. The molecule has 17 heavy (non-hydrogen) atoms. The minimum atomic E-state index is -0.161. The Bertz CT molecular complexity index is 251. The van der Waals surface area contributed by atoms with Crippen LogP contribution in [-0.2, 0) is 4.79 Å². The Kier molecular flexibility index (Phi) is 5.69. The van der Waals surface area contributed by atoms with E-state index in [2.05, 4.69) is 18.8 Å². The number of nitrogens with one attached hydrogen (secondary N) is 1. The van der Waals surface area contributed by atoms with Crippen LogP contribution >= 0.6 is 0 Å². The summed E-state index contributed by atoms with van der Waals surface area (Å²) < 4.78 is 0. The molecule has 1 saturated heterocycles. The molecule has 0 bridgehead atoms. The lowest BCUT2D eigenvalue weighted by atomic mass is 9.75. The molecule has 1 N–H and O–H groups in total. The molecular weight excluding hydrogens is 212 g/mol. The summed E-state index contributed by atoms with van der Waals surface area (Å²) in [6, 6.07) is 0. The van der Waals surface area contributed by atoms with E-state index in [9.17, 15) is 4.79 Å². The van der Waals surface area contributed by atoms with Crippen LogP contribution in [0, 0.1) is 5.41 Å². The third-order valence-electron chi connectivity index (χ3n) is 3.67. The van der Waals surface area contributed by atoms with Gasteiger partial charge < -0.3 is 10.2 Å². The Balaban J connectivity index is 2.80. The molecule has 0 saturated carbocycles. The number of rotatable bonds is 6. The topological polar surface area (TPSA) is 32.3 Å². The first kappa shape index (κ1) is 14.2. The van der Waals surface area contributed by atoms with Crippen molar-refractivity contribution in [3.8, 4) is 0 Å². The second kappa shape index (κ2) is 6.80. The molecular formula is C14H26N2O. The fraction of sp³-hybridized carbons (Fsp3) is 0.786. The van der Waals surface area contributed by atoms with E-state index < -0.39 is 0 Å². The van der Waals surface area contributed by atoms with E-state index in [1.54, 1.807) is 0 Å². The molecule has 1 atom stereocenters. The maximum Gasteiger partial charge on any atom is 0.230 e. The SMILES string of the molecule is C=CCN(CC)C(=O)C1(CCC)CCCNC1. The lowest BCUT2D eigenvalue weighted by Crippen LogP contribution is -2.51. The van der Waals surface area contributed by atoms with E-state index in [0.717, 1.165) is 45.3 Å². The number of hydrogen-bond donors (Lipinski definition) is 1. The summed E-state index contributed by atoms with van der Waals surface area (Å²) in [7, 11) is 0. The summed E-state index contributed by atoms with van der Waals surface area (Å²) in [6.45, 7) is 11.3. The second-order valence-electron chi connectivity index (χ2n) is 4.94. The normalized spacial score (nSPS) is 24.4. The van der Waals surface area contributed by atoms with Gasteiger partial charge in [0.05, 0.1) is 5.41 Å². The second-order valence-corrected chi connectivity index (χ2v) is 4.94. The smallest absolute Gasteiger partial charge is 0.230 e. The van der Waals surface area contributed by atoms with Crippen molar-refractivity contribution >= 4 is 5.91 Å². The lowest BCUT2D eigenvalue weighted by molar-refractivity contribution is -0.143. The summed E-state index contributed by atoms with van der Waals surface area (Å²) in [5, 5.41) is 3.39. The molecule has 0 aliphatic carbocycles. The number of nitrogens with zero attached hydrogens (tertiary/aromatic N) is 1. The summed E-state index contributed by atoms with van der Waals surface area (Å²) in [4.78, 5) is 14.6. The van der Waals surface area contributed by atoms with Crippen molar-refractivity contribution in [2.45, 2.75) is 39.5 Å². The summed E-state index contributed by atoms with van der Waals surface area (Å²) in [5.74, 6) is 0.314. The number of piperidine rings is 1. The minimum Gasteiger partial charge on any atom is -0.339 e. The van der Waals surface area contributed by atoms with Crippen molar-refractivity contribution in [3.05, 3.63) is 12.7 Å². The van der Waals surface area contributed by atoms with Crippen LogP contribution in [0.1, 0.15) is 39.5 Å². The van der Waals surface area contributed by atoms with Crippen LogP contribution in [0.3, 0.4) is 0 Å². The van der Waals surface area contributed by atoms with E-state index in [4.69, 9.17) is 0 Å². The van der Waals surface area contributed by atoms with Crippen LogP contribution in [0.2, 0.25) is 0 Å². The molecule has 1 fully saturated rings. The quantitative estimate of drug-likeness (QED) is 0.719. The van der Waals surface area contributed by atoms with Crippen LogP contribution < -0.4 is 5.32 Å². The predicted molar refractivity (Wildman–Crippen MR) is 71.9 cm³/mol. The third-order valence-corrected chi connectivity index (χ3v) is 3.67. The van der Waals surface area contributed by atoms with Gasteiger partial charge in [-0.15, -0.1) is 6.58 Å². The number of hydrogen-bond acceptors (Lipinski definition) is 2. The molecule has 0 aromatic heterocycles. The van der Waals surface area contributed by atoms with Gasteiger partial charge in [-0.3, -0.25) is 4.79 Å². The highest BCUT2D eigenvalue weighted by Gasteiger charge is 2.40. The summed E-state index contributed by atoms with van der Waals surface area (Å²) in [6.07, 6.45) is 6.01. The summed E-state index contributed by atoms with van der Waals surface area (Å²) in [5.41, 5.74) is -0.161. The van der Waals surface area contributed by atoms with Crippen molar-refractivity contribution in [1.29, 1.82) is 0 Å². The highest BCUT2D eigenvalue weighted by molar-refractivity contribution is 5.83. The average molecular weight is 238 g/mol. The molecule has 1 amide bonds. The number of likely N-dealkylation sites (N-methyl/N-ethyl adjacent to an activating group) is 1. The van der Waals surface area contributed by atoms with Gasteiger partial charge in [0.2, 0.25) is 5.91 Å². The van der Waals surface area contributed by atoms with Gasteiger partial charge >= 0.3 is 0 Å². The van der Waals surface area contributed by atoms with Crippen molar-refractivity contribution in [2.75, 3.05) is 26.2 Å². The maximum atomic E-state index is 12.7. The fourth-order valence-corrected chi connectivity index (χ4v) is 2.80. The third kappa shape index (κ3) is 3.32. The van der Waals surface area contributed by atoms with E-state index in [-0.39, 0.29) is 5.41 Å². The molecule has 98 valence electrons. The van der Waals surface area contributed by atoms with Gasteiger partial charge in [-0.2, -0.15) is 0 Å². The first-order chi connectivity index (χ1) is 8.20.